The topological polar surface area (TPSA) is 153 Å². The van der Waals surface area contributed by atoms with Crippen LogP contribution in [0.4, 0.5) is 23.7 Å². The molecule has 0 aliphatic carbocycles. The van der Waals surface area contributed by atoms with Crippen molar-refractivity contribution in [3.63, 3.8) is 0 Å². The first kappa shape index (κ1) is 21.8. The van der Waals surface area contributed by atoms with Crippen LogP contribution in [0.5, 0.6) is 0 Å². The van der Waals surface area contributed by atoms with Gasteiger partial charge in [0, 0.05) is 17.8 Å². The van der Waals surface area contributed by atoms with Crippen molar-refractivity contribution in [2.75, 3.05) is 18.1 Å². The summed E-state index contributed by atoms with van der Waals surface area (Å²) < 4.78 is 65.3. The van der Waals surface area contributed by atoms with Crippen LogP contribution in [0.1, 0.15) is 0 Å². The number of hydrogen-bond donors (Lipinski definition) is 2. The Hall–Kier alpha value is -3.39. The number of phosphoric acid groups is 1. The van der Waals surface area contributed by atoms with Crippen molar-refractivity contribution < 1.29 is 41.6 Å². The summed E-state index contributed by atoms with van der Waals surface area (Å²) in [6.45, 7) is -1.15. The molecule has 3 aromatic rings. The molecular weight excluding hydrogens is 460 g/mol. The predicted molar refractivity (Wildman–Crippen MR) is 97.9 cm³/mol. The van der Waals surface area contributed by atoms with E-state index in [0.717, 1.165) is 6.20 Å². The molecule has 0 saturated carbocycles. The third kappa shape index (κ3) is 4.31. The van der Waals surface area contributed by atoms with E-state index < -0.39 is 61.9 Å². The Morgan fingerprint density at radius 3 is 2.66 bits per heavy atom. The van der Waals surface area contributed by atoms with Crippen molar-refractivity contribution in [2.24, 2.45) is 0 Å². The van der Waals surface area contributed by atoms with Crippen LogP contribution in [0.2, 0.25) is 0 Å². The molecule has 0 spiro atoms. The summed E-state index contributed by atoms with van der Waals surface area (Å²) in [6, 6.07) is 3.25. The van der Waals surface area contributed by atoms with E-state index in [9.17, 15) is 22.5 Å². The molecular formula is C16H12F3N6O6P. The first-order valence-electron chi connectivity index (χ1n) is 8.69. The first-order chi connectivity index (χ1) is 15.1. The summed E-state index contributed by atoms with van der Waals surface area (Å²) in [5.41, 5.74) is -1.54. The molecule has 2 N–H and O–H groups in total. The van der Waals surface area contributed by atoms with Crippen molar-refractivity contribution >= 4 is 19.6 Å². The summed E-state index contributed by atoms with van der Waals surface area (Å²) in [5.74, 6) is -4.03. The molecule has 3 heterocycles. The van der Waals surface area contributed by atoms with Crippen LogP contribution in [0.15, 0.2) is 30.7 Å². The van der Waals surface area contributed by atoms with Crippen LogP contribution in [0.25, 0.3) is 16.9 Å². The number of ether oxygens (including phenoxy) is 1. The monoisotopic (exact) mass is 472 g/mol. The quantitative estimate of drug-likeness (QED) is 0.399. The molecule has 1 saturated heterocycles. The zero-order valence-corrected chi connectivity index (χ0v) is 16.6. The number of cyclic esters (lactones) is 1. The van der Waals surface area contributed by atoms with Crippen molar-refractivity contribution in [1.82, 2.24) is 25.2 Å². The molecule has 1 fully saturated rings. The number of hydrogen-bond acceptors (Lipinski definition) is 8. The zero-order chi connectivity index (χ0) is 23.0. The Morgan fingerprint density at radius 2 is 2.03 bits per heavy atom. The summed E-state index contributed by atoms with van der Waals surface area (Å²) >= 11 is 0. The highest BCUT2D eigenvalue weighted by molar-refractivity contribution is 7.46. The van der Waals surface area contributed by atoms with Gasteiger partial charge < -0.3 is 14.5 Å². The number of carbonyl (C=O) groups is 1. The van der Waals surface area contributed by atoms with Gasteiger partial charge in [0.15, 0.2) is 17.5 Å². The van der Waals surface area contributed by atoms with E-state index in [1.165, 1.54) is 23.1 Å². The maximum absolute atomic E-state index is 14.8. The minimum atomic E-state index is -4.84. The van der Waals surface area contributed by atoms with Gasteiger partial charge in [0.1, 0.15) is 18.2 Å². The molecule has 32 heavy (non-hydrogen) atoms. The highest BCUT2D eigenvalue weighted by Crippen LogP contribution is 2.38. The number of rotatable bonds is 6. The van der Waals surface area contributed by atoms with Gasteiger partial charge in [-0.15, -0.1) is 5.10 Å². The van der Waals surface area contributed by atoms with Gasteiger partial charge >= 0.3 is 13.9 Å². The molecule has 1 atom stereocenters. The lowest BCUT2D eigenvalue weighted by atomic mass is 10.0. The van der Waals surface area contributed by atoms with Gasteiger partial charge in [0.05, 0.1) is 24.4 Å². The van der Waals surface area contributed by atoms with Gasteiger partial charge in [-0.25, -0.2) is 27.5 Å². The number of carbonyl (C=O) groups excluding carboxylic acids is 1. The average molecular weight is 472 g/mol. The Kier molecular flexibility index (Phi) is 5.64. The molecule has 0 radical (unpaired) electrons. The first-order valence-corrected chi connectivity index (χ1v) is 10.2. The summed E-state index contributed by atoms with van der Waals surface area (Å²) in [5, 5.41) is 10.5. The van der Waals surface area contributed by atoms with E-state index in [1.54, 1.807) is 0 Å². The number of tetrazole rings is 1. The molecule has 0 bridgehead atoms. The number of halogens is 3. The van der Waals surface area contributed by atoms with Gasteiger partial charge in [-0.1, -0.05) is 0 Å². The van der Waals surface area contributed by atoms with Crippen LogP contribution >= 0.6 is 7.82 Å². The van der Waals surface area contributed by atoms with Crippen LogP contribution < -0.4 is 4.90 Å². The largest absolute Gasteiger partial charge is 0.469 e. The standard InChI is InChI=1S/C16H12F3N6O6P/c17-10-3-11(24-5-9(31-16(24)26)6-30-32(27,28)29)14(18)15(19)13(10)8-1-2-12(20-4-8)25-7-21-22-23-25/h1-4,7,9H,5-6H2,(H2,27,28,29)/t9-/m1/s1. The second kappa shape index (κ2) is 8.27. The predicted octanol–water partition coefficient (Wildman–Crippen LogP) is 1.58. The molecule has 1 aliphatic heterocycles. The van der Waals surface area contributed by atoms with Gasteiger partial charge in [0.2, 0.25) is 0 Å². The fourth-order valence-corrected chi connectivity index (χ4v) is 3.33. The average Bonchev–Trinajstić information content (AvgIpc) is 3.39. The van der Waals surface area contributed by atoms with Crippen LogP contribution in [0, 0.1) is 17.5 Å². The molecule has 0 unspecified atom stereocenters. The third-order valence-corrected chi connectivity index (χ3v) is 4.84. The van der Waals surface area contributed by atoms with E-state index in [0.29, 0.717) is 11.0 Å². The van der Waals surface area contributed by atoms with Gasteiger partial charge in [0.25, 0.3) is 0 Å². The highest BCUT2D eigenvalue weighted by atomic mass is 31.2. The van der Waals surface area contributed by atoms with Crippen molar-refractivity contribution in [1.29, 1.82) is 0 Å². The lowest BCUT2D eigenvalue weighted by Crippen LogP contribution is -2.27. The molecule has 168 valence electrons. The Bertz CT molecular complexity index is 1210. The molecule has 1 aromatic carbocycles. The summed E-state index contributed by atoms with van der Waals surface area (Å²) in [4.78, 5) is 34.0. The number of nitrogens with zero attached hydrogens (tertiary/aromatic N) is 6. The van der Waals surface area contributed by atoms with Crippen LogP contribution in [0.3, 0.4) is 0 Å². The normalized spacial score (nSPS) is 16.5. The van der Waals surface area contributed by atoms with Gasteiger partial charge in [-0.3, -0.25) is 9.42 Å². The van der Waals surface area contributed by atoms with Crippen molar-refractivity contribution in [3.8, 4) is 16.9 Å². The molecule has 16 heteroatoms. The van der Waals surface area contributed by atoms with Crippen molar-refractivity contribution in [2.45, 2.75) is 6.10 Å². The van der Waals surface area contributed by atoms with E-state index in [-0.39, 0.29) is 11.4 Å². The maximum atomic E-state index is 14.8. The fourth-order valence-electron chi connectivity index (χ4n) is 2.96. The second-order valence-corrected chi connectivity index (χ2v) is 7.68. The Labute approximate surface area is 176 Å². The number of anilines is 1. The molecule has 2 aromatic heterocycles. The Balaban J connectivity index is 1.61. The van der Waals surface area contributed by atoms with E-state index >= 15 is 0 Å². The van der Waals surface area contributed by atoms with E-state index in [2.05, 4.69) is 25.0 Å². The van der Waals surface area contributed by atoms with E-state index in [4.69, 9.17) is 14.5 Å². The number of benzene rings is 1. The molecule has 12 nitrogen and oxygen atoms in total. The second-order valence-electron chi connectivity index (χ2n) is 6.44. The summed E-state index contributed by atoms with van der Waals surface area (Å²) in [6.07, 6.45) is -0.00660. The van der Waals surface area contributed by atoms with Gasteiger partial charge in [-0.2, -0.15) is 4.68 Å². The lowest BCUT2D eigenvalue weighted by molar-refractivity contribution is 0.0880. The Morgan fingerprint density at radius 1 is 1.25 bits per heavy atom. The number of aromatic nitrogens is 5. The minimum absolute atomic E-state index is 0.0841. The highest BCUT2D eigenvalue weighted by Gasteiger charge is 2.37. The van der Waals surface area contributed by atoms with Crippen LogP contribution in [-0.4, -0.2) is 60.3 Å². The van der Waals surface area contributed by atoms with Crippen LogP contribution in [-0.2, 0) is 13.8 Å². The number of pyridine rings is 1. The number of amides is 1. The van der Waals surface area contributed by atoms with Crippen molar-refractivity contribution in [3.05, 3.63) is 48.2 Å². The fraction of sp³-hybridized carbons (Fsp3) is 0.188. The summed E-state index contributed by atoms with van der Waals surface area (Å²) in [7, 11) is -4.84. The van der Waals surface area contributed by atoms with Gasteiger partial charge in [-0.05, 0) is 22.6 Å². The third-order valence-electron chi connectivity index (χ3n) is 4.35. The number of phosphoric ester groups is 1. The molecule has 1 aliphatic rings. The smallest absolute Gasteiger partial charge is 0.441 e. The maximum Gasteiger partial charge on any atom is 0.469 e. The minimum Gasteiger partial charge on any atom is -0.441 e. The SMILES string of the molecule is O=C1O[C@@H](COP(=O)(O)O)CN1c1cc(F)c(-c2ccc(-n3cnnn3)nc2)c(F)c1F. The lowest BCUT2D eigenvalue weighted by Gasteiger charge is -2.17. The van der Waals surface area contributed by atoms with E-state index in [1.807, 2.05) is 0 Å². The molecule has 1 amide bonds. The zero-order valence-electron chi connectivity index (χ0n) is 15.7. The molecule has 4 rings (SSSR count).